The number of anilines is 1. The van der Waals surface area contributed by atoms with Crippen molar-refractivity contribution in [2.45, 2.75) is 31.8 Å². The number of hydrogen-bond acceptors (Lipinski definition) is 8. The fourth-order valence-corrected chi connectivity index (χ4v) is 5.65. The lowest BCUT2D eigenvalue weighted by atomic mass is 10.0. The summed E-state index contributed by atoms with van der Waals surface area (Å²) in [6.45, 7) is 7.45. The van der Waals surface area contributed by atoms with Crippen LogP contribution in [0.3, 0.4) is 0 Å². The standard InChI is InChI=1S/C28H32N8O/c29-10-4-11-34-13-15-35(16-14-34)17-21-8-9-25(24-7-2-1-6-23(21)24)37-18-22-5-3-12-36(22)28-26-27(31-19-30-26)32-20-33-28/h1-2,6-9,19-20,22H,3-5,11-18H2,(H,30,31,32,33)/t22-/m1/s1. The average molecular weight is 497 g/mol. The van der Waals surface area contributed by atoms with E-state index in [2.05, 4.69) is 77.1 Å². The number of benzene rings is 2. The van der Waals surface area contributed by atoms with Crippen molar-refractivity contribution in [3.63, 3.8) is 0 Å². The molecule has 4 aromatic rings. The van der Waals surface area contributed by atoms with Crippen molar-refractivity contribution in [2.24, 2.45) is 0 Å². The number of hydrogen-bond donors (Lipinski definition) is 1. The quantitative estimate of drug-likeness (QED) is 0.395. The molecule has 190 valence electrons. The molecule has 1 atom stereocenters. The van der Waals surface area contributed by atoms with Gasteiger partial charge < -0.3 is 14.6 Å². The number of H-pyrrole nitrogens is 1. The van der Waals surface area contributed by atoms with Gasteiger partial charge in [-0.15, -0.1) is 0 Å². The van der Waals surface area contributed by atoms with Gasteiger partial charge in [0.2, 0.25) is 0 Å². The minimum absolute atomic E-state index is 0.241. The Morgan fingerprint density at radius 1 is 0.973 bits per heavy atom. The van der Waals surface area contributed by atoms with Crippen LogP contribution in [0.25, 0.3) is 21.9 Å². The lowest BCUT2D eigenvalue weighted by Crippen LogP contribution is -2.46. The number of rotatable bonds is 8. The Bertz CT molecular complexity index is 1400. The normalized spacial score (nSPS) is 19.0. The van der Waals surface area contributed by atoms with Gasteiger partial charge in [0.05, 0.1) is 18.4 Å². The molecular formula is C28H32N8O. The van der Waals surface area contributed by atoms with Crippen molar-refractivity contribution < 1.29 is 4.74 Å². The summed E-state index contributed by atoms with van der Waals surface area (Å²) in [5, 5.41) is 11.3. The van der Waals surface area contributed by atoms with E-state index >= 15 is 0 Å². The van der Waals surface area contributed by atoms with Gasteiger partial charge in [0, 0.05) is 57.6 Å². The van der Waals surface area contributed by atoms with E-state index in [9.17, 15) is 0 Å². The van der Waals surface area contributed by atoms with Crippen molar-refractivity contribution in [2.75, 3.05) is 50.8 Å². The Balaban J connectivity index is 1.15. The van der Waals surface area contributed by atoms with Gasteiger partial charge in [-0.2, -0.15) is 5.26 Å². The van der Waals surface area contributed by atoms with Crippen LogP contribution in [-0.2, 0) is 6.54 Å². The van der Waals surface area contributed by atoms with E-state index in [0.717, 1.165) is 86.8 Å². The summed E-state index contributed by atoms with van der Waals surface area (Å²) in [6.07, 6.45) is 6.05. The molecule has 0 saturated carbocycles. The van der Waals surface area contributed by atoms with Crippen LogP contribution >= 0.6 is 0 Å². The number of aromatic nitrogens is 4. The van der Waals surface area contributed by atoms with E-state index in [1.165, 1.54) is 10.9 Å². The highest BCUT2D eigenvalue weighted by atomic mass is 16.5. The summed E-state index contributed by atoms with van der Waals surface area (Å²) in [6, 6.07) is 15.4. The summed E-state index contributed by atoms with van der Waals surface area (Å²) in [4.78, 5) is 23.6. The third kappa shape index (κ3) is 4.95. The minimum atomic E-state index is 0.241. The third-order valence-corrected chi connectivity index (χ3v) is 7.65. The molecule has 2 aliphatic rings. The lowest BCUT2D eigenvalue weighted by molar-refractivity contribution is 0.129. The Labute approximate surface area is 216 Å². The second-order valence-electron chi connectivity index (χ2n) is 9.89. The number of nitrogens with zero attached hydrogens (tertiary/aromatic N) is 7. The van der Waals surface area contributed by atoms with Crippen LogP contribution in [0.15, 0.2) is 49.1 Å². The maximum absolute atomic E-state index is 8.85. The van der Waals surface area contributed by atoms with E-state index in [4.69, 9.17) is 10.00 Å². The summed E-state index contributed by atoms with van der Waals surface area (Å²) >= 11 is 0. The highest BCUT2D eigenvalue weighted by Gasteiger charge is 2.29. The van der Waals surface area contributed by atoms with E-state index in [1.54, 1.807) is 12.7 Å². The molecule has 9 nitrogen and oxygen atoms in total. The minimum Gasteiger partial charge on any atom is -0.491 e. The van der Waals surface area contributed by atoms with Crippen LogP contribution < -0.4 is 9.64 Å². The molecule has 2 aliphatic heterocycles. The monoisotopic (exact) mass is 496 g/mol. The molecule has 1 N–H and O–H groups in total. The zero-order chi connectivity index (χ0) is 25.0. The summed E-state index contributed by atoms with van der Waals surface area (Å²) in [5.74, 6) is 1.81. The van der Waals surface area contributed by atoms with Crippen LogP contribution in [0.1, 0.15) is 24.8 Å². The van der Waals surface area contributed by atoms with Gasteiger partial charge in [-0.05, 0) is 29.9 Å². The van der Waals surface area contributed by atoms with Gasteiger partial charge in [-0.1, -0.05) is 30.3 Å². The van der Waals surface area contributed by atoms with Gasteiger partial charge in [0.1, 0.15) is 24.2 Å². The molecule has 0 amide bonds. The van der Waals surface area contributed by atoms with Crippen molar-refractivity contribution in [1.82, 2.24) is 29.7 Å². The second-order valence-corrected chi connectivity index (χ2v) is 9.89. The Morgan fingerprint density at radius 2 is 1.81 bits per heavy atom. The van der Waals surface area contributed by atoms with E-state index in [-0.39, 0.29) is 6.04 Å². The summed E-state index contributed by atoms with van der Waals surface area (Å²) in [7, 11) is 0. The molecule has 0 radical (unpaired) electrons. The van der Waals surface area contributed by atoms with Gasteiger partial charge in [0.15, 0.2) is 11.5 Å². The maximum Gasteiger partial charge on any atom is 0.162 e. The van der Waals surface area contributed by atoms with E-state index in [0.29, 0.717) is 13.0 Å². The maximum atomic E-state index is 8.85. The van der Waals surface area contributed by atoms with Crippen LogP contribution in [0, 0.1) is 11.3 Å². The SMILES string of the molecule is N#CCCN1CCN(Cc2ccc(OC[C@H]3CCCN3c3ncnc4[nH]cnc34)c3ccccc23)CC1. The number of piperazine rings is 1. The van der Waals surface area contributed by atoms with E-state index < -0.39 is 0 Å². The van der Waals surface area contributed by atoms with Crippen molar-refractivity contribution in [1.29, 1.82) is 5.26 Å². The van der Waals surface area contributed by atoms with E-state index in [1.807, 2.05) is 0 Å². The highest BCUT2D eigenvalue weighted by molar-refractivity contribution is 5.91. The number of aromatic amines is 1. The van der Waals surface area contributed by atoms with Crippen molar-refractivity contribution >= 4 is 27.8 Å². The average Bonchev–Trinajstić information content (AvgIpc) is 3.62. The first-order valence-electron chi connectivity index (χ1n) is 13.2. The first-order chi connectivity index (χ1) is 18.3. The fourth-order valence-electron chi connectivity index (χ4n) is 5.65. The third-order valence-electron chi connectivity index (χ3n) is 7.65. The van der Waals surface area contributed by atoms with Gasteiger partial charge >= 0.3 is 0 Å². The Morgan fingerprint density at radius 3 is 2.68 bits per heavy atom. The smallest absolute Gasteiger partial charge is 0.162 e. The first-order valence-corrected chi connectivity index (χ1v) is 13.2. The molecular weight excluding hydrogens is 464 g/mol. The Kier molecular flexibility index (Phi) is 6.84. The summed E-state index contributed by atoms with van der Waals surface area (Å²) in [5.41, 5.74) is 2.91. The number of nitrogens with one attached hydrogen (secondary N) is 1. The number of ether oxygens (including phenoxy) is 1. The second kappa shape index (κ2) is 10.7. The molecule has 2 aromatic carbocycles. The molecule has 0 spiro atoms. The Hall–Kier alpha value is -3.74. The fraction of sp³-hybridized carbons (Fsp3) is 0.429. The molecule has 0 aliphatic carbocycles. The largest absolute Gasteiger partial charge is 0.491 e. The first kappa shape index (κ1) is 23.6. The van der Waals surface area contributed by atoms with Crippen LogP contribution in [-0.4, -0.2) is 81.7 Å². The highest BCUT2D eigenvalue weighted by Crippen LogP contribution is 2.32. The van der Waals surface area contributed by atoms with Gasteiger partial charge in [0.25, 0.3) is 0 Å². The van der Waals surface area contributed by atoms with Crippen molar-refractivity contribution in [3.05, 3.63) is 54.6 Å². The van der Waals surface area contributed by atoms with Gasteiger partial charge in [-0.25, -0.2) is 15.0 Å². The molecule has 4 heterocycles. The number of nitriles is 1. The molecule has 2 fully saturated rings. The molecule has 0 unspecified atom stereocenters. The van der Waals surface area contributed by atoms with Gasteiger partial charge in [-0.3, -0.25) is 9.80 Å². The van der Waals surface area contributed by atoms with Crippen molar-refractivity contribution in [3.8, 4) is 11.8 Å². The number of fused-ring (bicyclic) bond motifs is 2. The molecule has 2 saturated heterocycles. The molecule has 9 heteroatoms. The van der Waals surface area contributed by atoms with Crippen LogP contribution in [0.5, 0.6) is 5.75 Å². The predicted molar refractivity (Wildman–Crippen MR) is 143 cm³/mol. The number of imidazole rings is 1. The van der Waals surface area contributed by atoms with Crippen LogP contribution in [0.2, 0.25) is 0 Å². The summed E-state index contributed by atoms with van der Waals surface area (Å²) < 4.78 is 6.49. The molecule has 0 bridgehead atoms. The zero-order valence-corrected chi connectivity index (χ0v) is 21.0. The molecule has 2 aromatic heterocycles. The van der Waals surface area contributed by atoms with Crippen LogP contribution in [0.4, 0.5) is 5.82 Å². The topological polar surface area (TPSA) is 97.2 Å². The lowest BCUT2D eigenvalue weighted by Gasteiger charge is -2.34. The molecule has 6 rings (SSSR count). The molecule has 37 heavy (non-hydrogen) atoms. The zero-order valence-electron chi connectivity index (χ0n) is 21.0. The predicted octanol–water partition coefficient (Wildman–Crippen LogP) is 3.59.